The van der Waals surface area contributed by atoms with E-state index in [0.717, 1.165) is 49.7 Å². The van der Waals surface area contributed by atoms with E-state index in [1.54, 1.807) is 0 Å². The molecule has 1 aliphatic heterocycles. The molecule has 0 spiro atoms. The SMILES string of the molecule is CCCc1nsc(NCC(=O)N2CCCC2)n1. The van der Waals surface area contributed by atoms with Crippen molar-refractivity contribution in [1.29, 1.82) is 0 Å². The number of aromatic nitrogens is 2. The molecule has 1 amide bonds. The number of carbonyl (C=O) groups excluding carboxylic acids is 1. The van der Waals surface area contributed by atoms with Gasteiger partial charge in [0, 0.05) is 31.0 Å². The van der Waals surface area contributed by atoms with E-state index in [0.29, 0.717) is 6.54 Å². The molecule has 0 radical (unpaired) electrons. The molecule has 2 heterocycles. The molecule has 6 heteroatoms. The van der Waals surface area contributed by atoms with Crippen LogP contribution >= 0.6 is 11.5 Å². The van der Waals surface area contributed by atoms with E-state index in [4.69, 9.17) is 0 Å². The molecule has 1 fully saturated rings. The highest BCUT2D eigenvalue weighted by molar-refractivity contribution is 7.09. The number of hydrogen-bond donors (Lipinski definition) is 1. The lowest BCUT2D eigenvalue weighted by molar-refractivity contribution is -0.128. The van der Waals surface area contributed by atoms with Gasteiger partial charge in [-0.05, 0) is 19.3 Å². The standard InChI is InChI=1S/C11H18N4OS/c1-2-5-9-13-11(17-14-9)12-8-10(16)15-6-3-4-7-15/h2-8H2,1H3,(H,12,13,14). The van der Waals surface area contributed by atoms with Crippen LogP contribution < -0.4 is 5.32 Å². The highest BCUT2D eigenvalue weighted by atomic mass is 32.1. The molecule has 2 rings (SSSR count). The van der Waals surface area contributed by atoms with Crippen molar-refractivity contribution in [3.05, 3.63) is 5.82 Å². The van der Waals surface area contributed by atoms with E-state index in [1.165, 1.54) is 11.5 Å². The molecule has 1 aliphatic rings. The fourth-order valence-electron chi connectivity index (χ4n) is 1.88. The summed E-state index contributed by atoms with van der Waals surface area (Å²) in [6.07, 6.45) is 4.21. The minimum Gasteiger partial charge on any atom is -0.351 e. The molecule has 0 aromatic carbocycles. The fourth-order valence-corrected chi connectivity index (χ4v) is 2.49. The van der Waals surface area contributed by atoms with Gasteiger partial charge >= 0.3 is 0 Å². The first kappa shape index (κ1) is 12.3. The van der Waals surface area contributed by atoms with Crippen LogP contribution in [0.1, 0.15) is 32.0 Å². The largest absolute Gasteiger partial charge is 0.351 e. The van der Waals surface area contributed by atoms with Crippen LogP contribution in [0.5, 0.6) is 0 Å². The highest BCUT2D eigenvalue weighted by Gasteiger charge is 2.17. The third-order valence-corrected chi connectivity index (χ3v) is 3.50. The Morgan fingerprint density at radius 2 is 2.24 bits per heavy atom. The van der Waals surface area contributed by atoms with Crippen LogP contribution in [0.2, 0.25) is 0 Å². The van der Waals surface area contributed by atoms with Gasteiger partial charge in [-0.1, -0.05) is 6.92 Å². The van der Waals surface area contributed by atoms with Crippen molar-refractivity contribution in [3.8, 4) is 0 Å². The lowest BCUT2D eigenvalue weighted by Gasteiger charge is -2.14. The van der Waals surface area contributed by atoms with Gasteiger partial charge in [0.1, 0.15) is 5.82 Å². The summed E-state index contributed by atoms with van der Waals surface area (Å²) in [5.74, 6) is 1.03. The second-order valence-corrected chi connectivity index (χ2v) is 4.96. The van der Waals surface area contributed by atoms with Crippen LogP contribution in [-0.4, -0.2) is 39.8 Å². The predicted octanol–water partition coefficient (Wildman–Crippen LogP) is 1.52. The maximum Gasteiger partial charge on any atom is 0.241 e. The first-order valence-corrected chi connectivity index (χ1v) is 6.91. The van der Waals surface area contributed by atoms with Crippen LogP contribution in [0, 0.1) is 0 Å². The number of hydrogen-bond acceptors (Lipinski definition) is 5. The molecular weight excluding hydrogens is 236 g/mol. The quantitative estimate of drug-likeness (QED) is 0.865. The molecule has 1 aromatic rings. The van der Waals surface area contributed by atoms with Crippen molar-refractivity contribution < 1.29 is 4.79 Å². The molecular formula is C11H18N4OS. The van der Waals surface area contributed by atoms with Gasteiger partial charge in [0.05, 0.1) is 6.54 Å². The lowest BCUT2D eigenvalue weighted by atomic mass is 10.3. The molecule has 0 aliphatic carbocycles. The zero-order chi connectivity index (χ0) is 12.1. The summed E-state index contributed by atoms with van der Waals surface area (Å²) in [7, 11) is 0. The second-order valence-electron chi connectivity index (χ2n) is 4.21. The summed E-state index contributed by atoms with van der Waals surface area (Å²) in [6.45, 7) is 4.24. The first-order valence-electron chi connectivity index (χ1n) is 6.14. The number of rotatable bonds is 5. The van der Waals surface area contributed by atoms with E-state index in [2.05, 4.69) is 21.6 Å². The Balaban J connectivity index is 1.78. The number of nitrogens with one attached hydrogen (secondary N) is 1. The van der Waals surface area contributed by atoms with Crippen molar-refractivity contribution in [3.63, 3.8) is 0 Å². The summed E-state index contributed by atoms with van der Waals surface area (Å²) in [5.41, 5.74) is 0. The van der Waals surface area contributed by atoms with Crippen LogP contribution in [0.25, 0.3) is 0 Å². The van der Waals surface area contributed by atoms with Crippen molar-refractivity contribution in [2.45, 2.75) is 32.6 Å². The van der Waals surface area contributed by atoms with Crippen molar-refractivity contribution >= 4 is 22.6 Å². The highest BCUT2D eigenvalue weighted by Crippen LogP contribution is 2.12. The maximum absolute atomic E-state index is 11.8. The third-order valence-electron chi connectivity index (χ3n) is 2.79. The molecule has 94 valence electrons. The molecule has 0 bridgehead atoms. The summed E-state index contributed by atoms with van der Waals surface area (Å²) in [5, 5.41) is 3.80. The van der Waals surface area contributed by atoms with Gasteiger partial charge in [-0.25, -0.2) is 4.98 Å². The Morgan fingerprint density at radius 1 is 1.47 bits per heavy atom. The van der Waals surface area contributed by atoms with Crippen LogP contribution in [-0.2, 0) is 11.2 Å². The van der Waals surface area contributed by atoms with E-state index in [-0.39, 0.29) is 5.91 Å². The Bertz CT molecular complexity index is 373. The number of anilines is 1. The third kappa shape index (κ3) is 3.39. The fraction of sp³-hybridized carbons (Fsp3) is 0.727. The second kappa shape index (κ2) is 5.95. The zero-order valence-electron chi connectivity index (χ0n) is 10.1. The zero-order valence-corrected chi connectivity index (χ0v) is 10.9. The van der Waals surface area contributed by atoms with Crippen LogP contribution in [0.4, 0.5) is 5.13 Å². The summed E-state index contributed by atoms with van der Waals surface area (Å²) < 4.78 is 4.22. The molecule has 0 saturated carbocycles. The maximum atomic E-state index is 11.8. The Morgan fingerprint density at radius 3 is 2.94 bits per heavy atom. The summed E-state index contributed by atoms with van der Waals surface area (Å²) >= 11 is 1.33. The van der Waals surface area contributed by atoms with Crippen molar-refractivity contribution in [1.82, 2.24) is 14.3 Å². The van der Waals surface area contributed by atoms with Crippen LogP contribution in [0.3, 0.4) is 0 Å². The molecule has 0 unspecified atom stereocenters. The van der Waals surface area contributed by atoms with Gasteiger partial charge in [-0.2, -0.15) is 4.37 Å². The summed E-state index contributed by atoms with van der Waals surface area (Å²) in [6, 6.07) is 0. The predicted molar refractivity (Wildman–Crippen MR) is 68.2 cm³/mol. The minimum absolute atomic E-state index is 0.162. The van der Waals surface area contributed by atoms with E-state index in [9.17, 15) is 4.79 Å². The number of nitrogens with zero attached hydrogens (tertiary/aromatic N) is 3. The van der Waals surface area contributed by atoms with Crippen molar-refractivity contribution in [2.24, 2.45) is 0 Å². The molecule has 1 aromatic heterocycles. The monoisotopic (exact) mass is 254 g/mol. The molecule has 1 N–H and O–H groups in total. The Labute approximate surface area is 105 Å². The summed E-state index contributed by atoms with van der Waals surface area (Å²) in [4.78, 5) is 18.0. The molecule has 1 saturated heterocycles. The Hall–Kier alpha value is -1.17. The first-order chi connectivity index (χ1) is 8.29. The van der Waals surface area contributed by atoms with E-state index >= 15 is 0 Å². The number of aryl methyl sites for hydroxylation is 1. The van der Waals surface area contributed by atoms with Crippen LogP contribution in [0.15, 0.2) is 0 Å². The number of amides is 1. The number of likely N-dealkylation sites (tertiary alicyclic amines) is 1. The molecule has 5 nitrogen and oxygen atoms in total. The molecule has 17 heavy (non-hydrogen) atoms. The van der Waals surface area contributed by atoms with Gasteiger partial charge < -0.3 is 10.2 Å². The smallest absolute Gasteiger partial charge is 0.241 e. The van der Waals surface area contributed by atoms with Crippen molar-refractivity contribution in [2.75, 3.05) is 25.0 Å². The topological polar surface area (TPSA) is 58.1 Å². The minimum atomic E-state index is 0.162. The van der Waals surface area contributed by atoms with Gasteiger partial charge in [0.15, 0.2) is 0 Å². The average molecular weight is 254 g/mol. The van der Waals surface area contributed by atoms with E-state index in [1.807, 2.05) is 4.90 Å². The lowest BCUT2D eigenvalue weighted by Crippen LogP contribution is -2.32. The average Bonchev–Trinajstić information content (AvgIpc) is 2.97. The normalized spacial score (nSPS) is 15.2. The number of carbonyl (C=O) groups is 1. The van der Waals surface area contributed by atoms with Gasteiger partial charge in [0.2, 0.25) is 11.0 Å². The van der Waals surface area contributed by atoms with Gasteiger partial charge in [-0.3, -0.25) is 4.79 Å². The van der Waals surface area contributed by atoms with Gasteiger partial charge in [0.25, 0.3) is 0 Å². The Kier molecular flexibility index (Phi) is 4.30. The van der Waals surface area contributed by atoms with Gasteiger partial charge in [-0.15, -0.1) is 0 Å². The molecule has 0 atom stereocenters. The van der Waals surface area contributed by atoms with E-state index < -0.39 is 0 Å².